The maximum atomic E-state index is 13.3. The van der Waals surface area contributed by atoms with Crippen molar-refractivity contribution in [2.24, 2.45) is 7.05 Å². The normalized spacial score (nSPS) is 11.3. The Morgan fingerprint density at radius 1 is 1.42 bits per heavy atom. The number of rotatable bonds is 3. The minimum absolute atomic E-state index is 0.272. The van der Waals surface area contributed by atoms with E-state index in [0.29, 0.717) is 17.7 Å². The molecule has 0 aliphatic heterocycles. The van der Waals surface area contributed by atoms with Crippen LogP contribution in [0.1, 0.15) is 5.82 Å². The molecule has 0 unspecified atom stereocenters. The van der Waals surface area contributed by atoms with Gasteiger partial charge in [0.15, 0.2) is 10.6 Å². The predicted octanol–water partition coefficient (Wildman–Crippen LogP) is 2.21. The zero-order valence-electron chi connectivity index (χ0n) is 10.3. The van der Waals surface area contributed by atoms with E-state index in [-0.39, 0.29) is 5.82 Å². The van der Waals surface area contributed by atoms with Crippen LogP contribution in [0.2, 0.25) is 0 Å². The number of nitrogens with one attached hydrogen (secondary N) is 1. The molecule has 0 saturated heterocycles. The highest BCUT2D eigenvalue weighted by atomic mass is 32.1. The second-order valence-electron chi connectivity index (χ2n) is 4.33. The van der Waals surface area contributed by atoms with Gasteiger partial charge >= 0.3 is 0 Å². The molecule has 3 aromatic rings. The summed E-state index contributed by atoms with van der Waals surface area (Å²) in [6.07, 6.45) is 2.31. The van der Waals surface area contributed by atoms with Crippen LogP contribution >= 0.6 is 12.2 Å². The first-order chi connectivity index (χ1) is 9.13. The lowest BCUT2D eigenvalue weighted by Gasteiger charge is -2.02. The number of halogens is 1. The molecule has 98 valence electrons. The van der Waals surface area contributed by atoms with Gasteiger partial charge in [0, 0.05) is 20.0 Å². The summed E-state index contributed by atoms with van der Waals surface area (Å²) in [4.78, 5) is 7.22. The summed E-state index contributed by atoms with van der Waals surface area (Å²) in [6.45, 7) is 0.617. The fourth-order valence-electron chi connectivity index (χ4n) is 2.06. The molecule has 0 spiro atoms. The number of aromatic nitrogens is 5. The van der Waals surface area contributed by atoms with Crippen molar-refractivity contribution in [3.63, 3.8) is 0 Å². The first-order valence-corrected chi connectivity index (χ1v) is 6.27. The smallest absolute Gasteiger partial charge is 0.178 e. The summed E-state index contributed by atoms with van der Waals surface area (Å²) < 4.78 is 17.4. The Hall–Kier alpha value is -2.02. The monoisotopic (exact) mass is 277 g/mol. The van der Waals surface area contributed by atoms with Crippen LogP contribution in [0.4, 0.5) is 4.39 Å². The van der Waals surface area contributed by atoms with Crippen molar-refractivity contribution in [3.8, 4) is 0 Å². The third-order valence-electron chi connectivity index (χ3n) is 2.94. The molecule has 1 N–H and O–H groups in total. The summed E-state index contributed by atoms with van der Waals surface area (Å²) >= 11 is 5.26. The summed E-state index contributed by atoms with van der Waals surface area (Å²) in [5, 5.41) is 4.21. The van der Waals surface area contributed by atoms with Gasteiger partial charge in [0.25, 0.3) is 0 Å². The van der Waals surface area contributed by atoms with E-state index in [1.165, 1.54) is 12.1 Å². The van der Waals surface area contributed by atoms with Crippen molar-refractivity contribution in [1.82, 2.24) is 24.3 Å². The third kappa shape index (κ3) is 2.28. The number of aromatic amines is 1. The van der Waals surface area contributed by atoms with Crippen LogP contribution in [-0.4, -0.2) is 24.3 Å². The summed E-state index contributed by atoms with van der Waals surface area (Å²) in [7, 11) is 1.82. The lowest BCUT2D eigenvalue weighted by Crippen LogP contribution is -2.03. The lowest BCUT2D eigenvalue weighted by molar-refractivity contribution is 0.626. The van der Waals surface area contributed by atoms with Gasteiger partial charge in [0.1, 0.15) is 12.1 Å². The van der Waals surface area contributed by atoms with Crippen molar-refractivity contribution >= 4 is 23.3 Å². The van der Waals surface area contributed by atoms with E-state index in [2.05, 4.69) is 15.1 Å². The standard InChI is InChI=1S/C12H12FN5S/c1-17-7-14-11(16-17)4-5-18-10-6-8(13)2-3-9(10)15-12(18)19/h2-3,6-7H,4-5H2,1H3,(H,15,19). The number of imidazole rings is 1. The quantitative estimate of drug-likeness (QED) is 0.747. The highest BCUT2D eigenvalue weighted by Gasteiger charge is 2.07. The van der Waals surface area contributed by atoms with Crippen molar-refractivity contribution in [2.75, 3.05) is 0 Å². The molecule has 0 fully saturated rings. The number of aryl methyl sites for hydroxylation is 3. The SMILES string of the molecule is Cn1cnc(CCn2c(=S)[nH]c3ccc(F)cc32)n1. The number of nitrogens with zero attached hydrogens (tertiary/aromatic N) is 4. The van der Waals surface area contributed by atoms with Gasteiger partial charge in [-0.15, -0.1) is 0 Å². The van der Waals surface area contributed by atoms with Gasteiger partial charge in [0.2, 0.25) is 0 Å². The Morgan fingerprint density at radius 3 is 3.00 bits per heavy atom. The average molecular weight is 277 g/mol. The molecule has 0 atom stereocenters. The first-order valence-electron chi connectivity index (χ1n) is 5.86. The van der Waals surface area contributed by atoms with Crippen LogP contribution in [0.15, 0.2) is 24.5 Å². The van der Waals surface area contributed by atoms with Crippen LogP contribution < -0.4 is 0 Å². The van der Waals surface area contributed by atoms with E-state index in [4.69, 9.17) is 12.2 Å². The van der Waals surface area contributed by atoms with E-state index in [0.717, 1.165) is 16.9 Å². The largest absolute Gasteiger partial charge is 0.331 e. The van der Waals surface area contributed by atoms with E-state index in [1.807, 2.05) is 11.6 Å². The van der Waals surface area contributed by atoms with Gasteiger partial charge in [0.05, 0.1) is 11.0 Å². The molecule has 7 heteroatoms. The lowest BCUT2D eigenvalue weighted by atomic mass is 10.3. The molecule has 0 saturated carbocycles. The summed E-state index contributed by atoms with van der Waals surface area (Å²) in [6, 6.07) is 4.59. The highest BCUT2D eigenvalue weighted by Crippen LogP contribution is 2.16. The zero-order valence-corrected chi connectivity index (χ0v) is 11.1. The first kappa shape index (κ1) is 12.0. The van der Waals surface area contributed by atoms with E-state index >= 15 is 0 Å². The van der Waals surface area contributed by atoms with Crippen LogP contribution in [0.5, 0.6) is 0 Å². The molecular formula is C12H12FN5S. The number of benzene rings is 1. The van der Waals surface area contributed by atoms with Gasteiger partial charge in [-0.3, -0.25) is 4.68 Å². The maximum absolute atomic E-state index is 13.3. The Kier molecular flexibility index (Phi) is 2.90. The Balaban J connectivity index is 1.94. The van der Waals surface area contributed by atoms with Crippen LogP contribution in [0.25, 0.3) is 11.0 Å². The molecule has 3 rings (SSSR count). The van der Waals surface area contributed by atoms with Gasteiger partial charge in [-0.2, -0.15) is 5.10 Å². The number of H-pyrrole nitrogens is 1. The minimum atomic E-state index is -0.272. The van der Waals surface area contributed by atoms with Crippen LogP contribution in [0, 0.1) is 10.6 Å². The predicted molar refractivity (Wildman–Crippen MR) is 71.8 cm³/mol. The number of hydrogen-bond donors (Lipinski definition) is 1. The van der Waals surface area contributed by atoms with E-state index in [1.54, 1.807) is 17.1 Å². The van der Waals surface area contributed by atoms with Crippen molar-refractivity contribution in [3.05, 3.63) is 40.9 Å². The minimum Gasteiger partial charge on any atom is -0.331 e. The Bertz CT molecular complexity index is 785. The number of fused-ring (bicyclic) bond motifs is 1. The van der Waals surface area contributed by atoms with Crippen LogP contribution in [-0.2, 0) is 20.0 Å². The Morgan fingerprint density at radius 2 is 2.26 bits per heavy atom. The zero-order chi connectivity index (χ0) is 13.4. The number of hydrogen-bond acceptors (Lipinski definition) is 3. The highest BCUT2D eigenvalue weighted by molar-refractivity contribution is 7.71. The molecular weight excluding hydrogens is 265 g/mol. The molecule has 0 aliphatic carbocycles. The second kappa shape index (κ2) is 4.58. The molecule has 0 bridgehead atoms. The fraction of sp³-hybridized carbons (Fsp3) is 0.250. The third-order valence-corrected chi connectivity index (χ3v) is 3.27. The summed E-state index contributed by atoms with van der Waals surface area (Å²) in [5.74, 6) is 0.473. The van der Waals surface area contributed by atoms with Crippen molar-refractivity contribution < 1.29 is 4.39 Å². The van der Waals surface area contributed by atoms with Crippen molar-refractivity contribution in [1.29, 1.82) is 0 Å². The van der Waals surface area contributed by atoms with Crippen molar-refractivity contribution in [2.45, 2.75) is 13.0 Å². The molecule has 0 aliphatic rings. The fourth-order valence-corrected chi connectivity index (χ4v) is 2.36. The average Bonchev–Trinajstić information content (AvgIpc) is 2.90. The van der Waals surface area contributed by atoms with Gasteiger partial charge in [-0.05, 0) is 30.4 Å². The maximum Gasteiger partial charge on any atom is 0.178 e. The molecule has 19 heavy (non-hydrogen) atoms. The van der Waals surface area contributed by atoms with Gasteiger partial charge in [-0.1, -0.05) is 0 Å². The van der Waals surface area contributed by atoms with Crippen LogP contribution in [0.3, 0.4) is 0 Å². The molecule has 0 radical (unpaired) electrons. The van der Waals surface area contributed by atoms with Gasteiger partial charge < -0.3 is 9.55 Å². The topological polar surface area (TPSA) is 51.4 Å². The van der Waals surface area contributed by atoms with Gasteiger partial charge in [-0.25, -0.2) is 9.37 Å². The Labute approximate surface area is 113 Å². The molecule has 1 aromatic carbocycles. The summed E-state index contributed by atoms with van der Waals surface area (Å²) in [5.41, 5.74) is 1.60. The van der Waals surface area contributed by atoms with E-state index < -0.39 is 0 Å². The molecule has 2 aromatic heterocycles. The van der Waals surface area contributed by atoms with E-state index in [9.17, 15) is 4.39 Å². The molecule has 5 nitrogen and oxygen atoms in total. The molecule has 0 amide bonds. The molecule has 2 heterocycles. The second-order valence-corrected chi connectivity index (χ2v) is 4.71.